The Hall–Kier alpha value is -2.14. The molecule has 5 nitrogen and oxygen atoms in total. The van der Waals surface area contributed by atoms with Crippen LogP contribution in [0, 0.1) is 0 Å². The predicted octanol–water partition coefficient (Wildman–Crippen LogP) is 2.50. The highest BCUT2D eigenvalue weighted by Gasteiger charge is 2.39. The van der Waals surface area contributed by atoms with Crippen LogP contribution in [0.25, 0.3) is 0 Å². The Kier molecular flexibility index (Phi) is 4.69. The summed E-state index contributed by atoms with van der Waals surface area (Å²) >= 11 is 0. The number of carbonyl (C=O) groups is 2. The average Bonchev–Trinajstić information content (AvgIpc) is 3.12. The van der Waals surface area contributed by atoms with Gasteiger partial charge in [0.1, 0.15) is 6.04 Å². The summed E-state index contributed by atoms with van der Waals surface area (Å²) in [6.45, 7) is 5.29. The zero-order chi connectivity index (χ0) is 18.2. The number of likely N-dealkylation sites (N-methyl/N-ethyl adjacent to an activating group) is 1. The quantitative estimate of drug-likeness (QED) is 0.622. The number of fused-ring (bicyclic) bond motifs is 1. The van der Waals surface area contributed by atoms with Gasteiger partial charge in [0, 0.05) is 29.9 Å². The van der Waals surface area contributed by atoms with E-state index in [1.165, 1.54) is 12.7 Å². The van der Waals surface area contributed by atoms with Gasteiger partial charge >= 0.3 is 5.97 Å². The van der Waals surface area contributed by atoms with Gasteiger partial charge in [0.2, 0.25) is 0 Å². The molecule has 2 aliphatic heterocycles. The Morgan fingerprint density at radius 1 is 1.32 bits per heavy atom. The second-order valence-electron chi connectivity index (χ2n) is 7.35. The van der Waals surface area contributed by atoms with E-state index in [0.29, 0.717) is 0 Å². The molecule has 0 amide bonds. The Morgan fingerprint density at radius 3 is 2.72 bits per heavy atom. The van der Waals surface area contributed by atoms with Crippen LogP contribution >= 0.6 is 0 Å². The number of para-hydroxylation sites is 1. The Morgan fingerprint density at radius 2 is 2.04 bits per heavy atom. The van der Waals surface area contributed by atoms with Crippen molar-refractivity contribution in [1.29, 1.82) is 0 Å². The number of carbonyl (C=O) groups excluding carboxylic acids is 2. The van der Waals surface area contributed by atoms with E-state index in [1.807, 2.05) is 24.1 Å². The predicted molar refractivity (Wildman–Crippen MR) is 97.6 cm³/mol. The van der Waals surface area contributed by atoms with Crippen molar-refractivity contribution >= 4 is 17.4 Å². The van der Waals surface area contributed by atoms with Crippen LogP contribution < -0.4 is 4.90 Å². The number of nitrogens with zero attached hydrogens (tertiary/aromatic N) is 2. The SMILES string of the molecule is COC(=O)[C@@H]1CCCN1CC(=O)/C=C1/N(C)c2ccccc2C1(C)C. The van der Waals surface area contributed by atoms with Crippen LogP contribution in [0.15, 0.2) is 36.0 Å². The van der Waals surface area contributed by atoms with Gasteiger partial charge in [-0.05, 0) is 31.0 Å². The van der Waals surface area contributed by atoms with Gasteiger partial charge < -0.3 is 9.64 Å². The van der Waals surface area contributed by atoms with Crippen molar-refractivity contribution in [2.45, 2.75) is 38.1 Å². The molecule has 0 N–H and O–H groups in total. The third-order valence-electron chi connectivity index (χ3n) is 5.43. The lowest BCUT2D eigenvalue weighted by Gasteiger charge is -2.25. The van der Waals surface area contributed by atoms with Gasteiger partial charge in [-0.1, -0.05) is 32.0 Å². The number of anilines is 1. The lowest BCUT2D eigenvalue weighted by Crippen LogP contribution is -2.40. The van der Waals surface area contributed by atoms with Crippen LogP contribution in [-0.2, 0) is 19.7 Å². The first-order chi connectivity index (χ1) is 11.9. The average molecular weight is 342 g/mol. The molecule has 0 unspecified atom stereocenters. The Bertz CT molecular complexity index is 723. The first-order valence-electron chi connectivity index (χ1n) is 8.76. The van der Waals surface area contributed by atoms with Gasteiger partial charge in [0.05, 0.1) is 13.7 Å². The summed E-state index contributed by atoms with van der Waals surface area (Å²) in [7, 11) is 3.40. The molecule has 0 aromatic heterocycles. The fourth-order valence-corrected chi connectivity index (χ4v) is 4.08. The number of ether oxygens (including phenoxy) is 1. The number of likely N-dealkylation sites (tertiary alicyclic amines) is 1. The number of methoxy groups -OCH3 is 1. The van der Waals surface area contributed by atoms with Crippen molar-refractivity contribution < 1.29 is 14.3 Å². The Labute approximate surface area is 149 Å². The smallest absolute Gasteiger partial charge is 0.323 e. The van der Waals surface area contributed by atoms with Crippen LogP contribution in [0.5, 0.6) is 0 Å². The molecule has 2 aliphatic rings. The van der Waals surface area contributed by atoms with Crippen molar-refractivity contribution in [2.24, 2.45) is 0 Å². The highest BCUT2D eigenvalue weighted by Crippen LogP contribution is 2.46. The summed E-state index contributed by atoms with van der Waals surface area (Å²) in [5.41, 5.74) is 3.14. The molecule has 1 fully saturated rings. The van der Waals surface area contributed by atoms with Gasteiger partial charge in [-0.15, -0.1) is 0 Å². The summed E-state index contributed by atoms with van der Waals surface area (Å²) < 4.78 is 4.86. The zero-order valence-electron chi connectivity index (χ0n) is 15.4. The van der Waals surface area contributed by atoms with Crippen LogP contribution in [0.2, 0.25) is 0 Å². The highest BCUT2D eigenvalue weighted by atomic mass is 16.5. The maximum Gasteiger partial charge on any atom is 0.323 e. The van der Waals surface area contributed by atoms with Gasteiger partial charge in [-0.3, -0.25) is 14.5 Å². The van der Waals surface area contributed by atoms with Crippen LogP contribution in [-0.4, -0.2) is 49.9 Å². The van der Waals surface area contributed by atoms with E-state index >= 15 is 0 Å². The number of ketones is 1. The minimum absolute atomic E-state index is 0.0264. The fraction of sp³-hybridized carbons (Fsp3) is 0.500. The lowest BCUT2D eigenvalue weighted by molar-refractivity contribution is -0.146. The number of rotatable bonds is 4. The number of hydrogen-bond donors (Lipinski definition) is 0. The number of hydrogen-bond acceptors (Lipinski definition) is 5. The summed E-state index contributed by atoms with van der Waals surface area (Å²) in [5.74, 6) is -0.220. The molecule has 25 heavy (non-hydrogen) atoms. The normalized spacial score (nSPS) is 23.8. The van der Waals surface area contributed by atoms with Gasteiger partial charge in [0.25, 0.3) is 0 Å². The molecule has 134 valence electrons. The number of esters is 1. The summed E-state index contributed by atoms with van der Waals surface area (Å²) in [5, 5.41) is 0. The summed E-state index contributed by atoms with van der Waals surface area (Å²) in [4.78, 5) is 28.6. The fourth-order valence-electron chi connectivity index (χ4n) is 4.08. The van der Waals surface area contributed by atoms with E-state index in [-0.39, 0.29) is 29.8 Å². The van der Waals surface area contributed by atoms with E-state index < -0.39 is 0 Å². The third-order valence-corrected chi connectivity index (χ3v) is 5.43. The molecule has 0 aliphatic carbocycles. The van der Waals surface area contributed by atoms with Crippen LogP contribution in [0.4, 0.5) is 5.69 Å². The third kappa shape index (κ3) is 3.09. The van der Waals surface area contributed by atoms with Crippen LogP contribution in [0.3, 0.4) is 0 Å². The van der Waals surface area contributed by atoms with E-state index in [1.54, 1.807) is 6.08 Å². The van der Waals surface area contributed by atoms with Crippen molar-refractivity contribution in [3.63, 3.8) is 0 Å². The van der Waals surface area contributed by atoms with E-state index in [2.05, 4.69) is 30.9 Å². The first kappa shape index (κ1) is 17.7. The van der Waals surface area contributed by atoms with Gasteiger partial charge in [-0.2, -0.15) is 0 Å². The minimum atomic E-state index is -0.293. The topological polar surface area (TPSA) is 49.9 Å². The van der Waals surface area contributed by atoms with Crippen molar-refractivity contribution in [2.75, 3.05) is 32.1 Å². The first-order valence-corrected chi connectivity index (χ1v) is 8.76. The lowest BCUT2D eigenvalue weighted by atomic mass is 9.83. The molecule has 1 atom stereocenters. The second-order valence-corrected chi connectivity index (χ2v) is 7.35. The molecule has 0 bridgehead atoms. The zero-order valence-corrected chi connectivity index (χ0v) is 15.4. The van der Waals surface area contributed by atoms with Gasteiger partial charge in [0.15, 0.2) is 5.78 Å². The highest BCUT2D eigenvalue weighted by molar-refractivity contribution is 5.94. The second kappa shape index (κ2) is 6.64. The molecule has 3 rings (SSSR count). The van der Waals surface area contributed by atoms with Crippen molar-refractivity contribution in [3.05, 3.63) is 41.6 Å². The Balaban J connectivity index is 1.79. The van der Waals surface area contributed by atoms with E-state index in [0.717, 1.165) is 30.8 Å². The molecule has 0 spiro atoms. The molecule has 0 saturated carbocycles. The monoisotopic (exact) mass is 342 g/mol. The number of allylic oxidation sites excluding steroid dienone is 1. The maximum atomic E-state index is 12.7. The summed E-state index contributed by atoms with van der Waals surface area (Å²) in [6, 6.07) is 7.95. The van der Waals surface area contributed by atoms with Gasteiger partial charge in [-0.25, -0.2) is 0 Å². The van der Waals surface area contributed by atoms with Crippen molar-refractivity contribution in [3.8, 4) is 0 Å². The molecule has 1 saturated heterocycles. The molecule has 1 aromatic carbocycles. The minimum Gasteiger partial charge on any atom is -0.468 e. The molecule has 2 heterocycles. The molecule has 0 radical (unpaired) electrons. The summed E-state index contributed by atoms with van der Waals surface area (Å²) in [6.07, 6.45) is 3.42. The molecule has 1 aromatic rings. The molecular weight excluding hydrogens is 316 g/mol. The molecule has 5 heteroatoms. The standard InChI is InChI=1S/C20H26N2O3/c1-20(2)15-8-5-6-9-16(15)21(3)18(20)12-14(23)13-22-11-7-10-17(22)19(24)25-4/h5-6,8-9,12,17H,7,10-11,13H2,1-4H3/b18-12+/t17-/m0/s1. The number of benzene rings is 1. The maximum absolute atomic E-state index is 12.7. The van der Waals surface area contributed by atoms with Crippen molar-refractivity contribution in [1.82, 2.24) is 4.90 Å². The van der Waals surface area contributed by atoms with E-state index in [4.69, 9.17) is 4.74 Å². The molecular formula is C20H26N2O3. The van der Waals surface area contributed by atoms with E-state index in [9.17, 15) is 9.59 Å². The largest absolute Gasteiger partial charge is 0.468 e. The van der Waals surface area contributed by atoms with Crippen LogP contribution in [0.1, 0.15) is 32.3 Å².